The van der Waals surface area contributed by atoms with E-state index in [9.17, 15) is 14.7 Å². The van der Waals surface area contributed by atoms with Crippen LogP contribution in [0.15, 0.2) is 29.6 Å². The zero-order valence-corrected chi connectivity index (χ0v) is 12.4. The van der Waals surface area contributed by atoms with Crippen molar-refractivity contribution in [3.05, 3.63) is 35.2 Å². The molecular weight excluding hydrogens is 286 g/mol. The maximum Gasteiger partial charge on any atom is 0.310 e. The van der Waals surface area contributed by atoms with Crippen molar-refractivity contribution < 1.29 is 14.7 Å². The molecule has 21 heavy (non-hydrogen) atoms. The van der Waals surface area contributed by atoms with Crippen LogP contribution < -0.4 is 5.32 Å². The summed E-state index contributed by atoms with van der Waals surface area (Å²) >= 11 is 1.65. The number of amides is 1. The molecule has 0 aliphatic heterocycles. The topological polar surface area (TPSA) is 66.4 Å². The summed E-state index contributed by atoms with van der Waals surface area (Å²) in [4.78, 5) is 23.3. The number of carbonyl (C=O) groups excluding carboxylic acids is 1. The second-order valence-corrected chi connectivity index (χ2v) is 6.56. The first-order valence-corrected chi connectivity index (χ1v) is 7.94. The Morgan fingerprint density at radius 3 is 2.71 bits per heavy atom. The van der Waals surface area contributed by atoms with Crippen LogP contribution in [0.2, 0.25) is 0 Å². The molecule has 0 radical (unpaired) electrons. The molecule has 0 atom stereocenters. The number of aliphatic carboxylic acids is 1. The van der Waals surface area contributed by atoms with Crippen molar-refractivity contribution >= 4 is 33.3 Å². The second kappa shape index (κ2) is 5.48. The van der Waals surface area contributed by atoms with Crippen LogP contribution in [0.4, 0.5) is 0 Å². The molecule has 1 saturated carbocycles. The molecule has 1 heterocycles. The molecule has 0 saturated heterocycles. The number of benzene rings is 1. The zero-order valence-electron chi connectivity index (χ0n) is 11.6. The molecule has 5 heteroatoms. The normalized spacial score (nSPS) is 16.4. The van der Waals surface area contributed by atoms with Crippen molar-refractivity contribution in [3.63, 3.8) is 0 Å². The van der Waals surface area contributed by atoms with Gasteiger partial charge in [-0.25, -0.2) is 0 Å². The Morgan fingerprint density at radius 1 is 1.29 bits per heavy atom. The van der Waals surface area contributed by atoms with Crippen LogP contribution in [-0.4, -0.2) is 17.0 Å². The third-order valence-corrected chi connectivity index (χ3v) is 5.31. The van der Waals surface area contributed by atoms with E-state index in [-0.39, 0.29) is 12.3 Å². The Hall–Kier alpha value is -1.88. The van der Waals surface area contributed by atoms with Crippen molar-refractivity contribution in [1.29, 1.82) is 0 Å². The lowest BCUT2D eigenvalue weighted by molar-refractivity contribution is -0.157. The number of carboxylic acids is 1. The molecule has 4 nitrogen and oxygen atoms in total. The lowest BCUT2D eigenvalue weighted by atomic mass is 9.66. The van der Waals surface area contributed by atoms with Crippen LogP contribution in [0.3, 0.4) is 0 Å². The Bertz CT molecular complexity index is 688. The maximum absolute atomic E-state index is 12.0. The van der Waals surface area contributed by atoms with Crippen LogP contribution in [0.25, 0.3) is 10.1 Å². The van der Waals surface area contributed by atoms with E-state index in [1.807, 2.05) is 23.6 Å². The SMILES string of the molecule is O=C(CC1(C(=O)O)CCC1)NCc1csc2ccccc12. The van der Waals surface area contributed by atoms with Crippen LogP contribution in [0.1, 0.15) is 31.2 Å². The predicted molar refractivity (Wildman–Crippen MR) is 82.2 cm³/mol. The highest BCUT2D eigenvalue weighted by molar-refractivity contribution is 7.17. The Morgan fingerprint density at radius 2 is 2.05 bits per heavy atom. The largest absolute Gasteiger partial charge is 0.481 e. The molecule has 0 spiro atoms. The molecule has 1 aromatic carbocycles. The van der Waals surface area contributed by atoms with Gasteiger partial charge in [-0.15, -0.1) is 11.3 Å². The van der Waals surface area contributed by atoms with Crippen molar-refractivity contribution in [1.82, 2.24) is 5.32 Å². The first-order chi connectivity index (χ1) is 10.1. The minimum Gasteiger partial charge on any atom is -0.481 e. The van der Waals surface area contributed by atoms with E-state index in [0.29, 0.717) is 19.4 Å². The first kappa shape index (κ1) is 14.1. The summed E-state index contributed by atoms with van der Waals surface area (Å²) in [5.41, 5.74) is 0.266. The molecule has 1 aliphatic rings. The van der Waals surface area contributed by atoms with Gasteiger partial charge in [0.2, 0.25) is 5.91 Å². The highest BCUT2D eigenvalue weighted by Crippen LogP contribution is 2.44. The molecular formula is C16H17NO3S. The van der Waals surface area contributed by atoms with Gasteiger partial charge in [0.25, 0.3) is 0 Å². The van der Waals surface area contributed by atoms with E-state index in [2.05, 4.69) is 11.4 Å². The van der Waals surface area contributed by atoms with E-state index in [4.69, 9.17) is 0 Å². The number of rotatable bonds is 5. The fourth-order valence-electron chi connectivity index (χ4n) is 2.80. The average molecular weight is 303 g/mol. The number of fused-ring (bicyclic) bond motifs is 1. The Kier molecular flexibility index (Phi) is 3.68. The van der Waals surface area contributed by atoms with Crippen LogP contribution in [0, 0.1) is 5.41 Å². The van der Waals surface area contributed by atoms with E-state index < -0.39 is 11.4 Å². The Balaban J connectivity index is 1.62. The molecule has 110 valence electrons. The summed E-state index contributed by atoms with van der Waals surface area (Å²) in [6.07, 6.45) is 2.20. The number of thiophene rings is 1. The molecule has 0 unspecified atom stereocenters. The molecule has 2 N–H and O–H groups in total. The average Bonchev–Trinajstić information content (AvgIpc) is 2.83. The van der Waals surface area contributed by atoms with Crippen LogP contribution in [-0.2, 0) is 16.1 Å². The summed E-state index contributed by atoms with van der Waals surface area (Å²) in [5, 5.41) is 15.3. The highest BCUT2D eigenvalue weighted by Gasteiger charge is 2.45. The lowest BCUT2D eigenvalue weighted by Crippen LogP contribution is -2.42. The zero-order chi connectivity index (χ0) is 14.9. The number of hydrogen-bond acceptors (Lipinski definition) is 3. The van der Waals surface area contributed by atoms with Crippen molar-refractivity contribution in [2.45, 2.75) is 32.2 Å². The number of hydrogen-bond donors (Lipinski definition) is 2. The summed E-state index contributed by atoms with van der Waals surface area (Å²) in [5.74, 6) is -1.02. The predicted octanol–water partition coefficient (Wildman–Crippen LogP) is 3.16. The molecule has 1 aliphatic carbocycles. The second-order valence-electron chi connectivity index (χ2n) is 5.65. The maximum atomic E-state index is 12.0. The standard InChI is InChI=1S/C16H17NO3S/c18-14(8-16(15(19)20)6-3-7-16)17-9-11-10-21-13-5-2-1-4-12(11)13/h1-2,4-5,10H,3,6-9H2,(H,17,18)(H,19,20). The van der Waals surface area contributed by atoms with E-state index >= 15 is 0 Å². The van der Waals surface area contributed by atoms with Gasteiger partial charge in [0.05, 0.1) is 5.41 Å². The summed E-state index contributed by atoms with van der Waals surface area (Å²) < 4.78 is 1.20. The van der Waals surface area contributed by atoms with Gasteiger partial charge in [-0.3, -0.25) is 9.59 Å². The van der Waals surface area contributed by atoms with E-state index in [1.165, 1.54) is 4.70 Å². The minimum absolute atomic E-state index is 0.0877. The van der Waals surface area contributed by atoms with Gasteiger partial charge < -0.3 is 10.4 Å². The van der Waals surface area contributed by atoms with Gasteiger partial charge in [0.15, 0.2) is 0 Å². The molecule has 1 fully saturated rings. The quantitative estimate of drug-likeness (QED) is 0.891. The van der Waals surface area contributed by atoms with E-state index in [1.54, 1.807) is 11.3 Å². The number of carbonyl (C=O) groups is 2. The summed E-state index contributed by atoms with van der Waals surface area (Å²) in [7, 11) is 0. The fraction of sp³-hybridized carbons (Fsp3) is 0.375. The summed E-state index contributed by atoms with van der Waals surface area (Å²) in [6, 6.07) is 8.07. The Labute approximate surface area is 126 Å². The van der Waals surface area contributed by atoms with Crippen molar-refractivity contribution in [2.24, 2.45) is 5.41 Å². The molecule has 1 aromatic heterocycles. The molecule has 0 bridgehead atoms. The molecule has 2 aromatic rings. The number of carboxylic acid groups (broad SMARTS) is 1. The lowest BCUT2D eigenvalue weighted by Gasteiger charge is -2.36. The first-order valence-electron chi connectivity index (χ1n) is 7.06. The van der Waals surface area contributed by atoms with Crippen LogP contribution >= 0.6 is 11.3 Å². The monoisotopic (exact) mass is 303 g/mol. The van der Waals surface area contributed by atoms with Gasteiger partial charge in [-0.1, -0.05) is 24.6 Å². The fourth-order valence-corrected chi connectivity index (χ4v) is 3.77. The van der Waals surface area contributed by atoms with Crippen LogP contribution in [0.5, 0.6) is 0 Å². The van der Waals surface area contributed by atoms with Crippen molar-refractivity contribution in [2.75, 3.05) is 0 Å². The van der Waals surface area contributed by atoms with Crippen molar-refractivity contribution in [3.8, 4) is 0 Å². The number of nitrogens with one attached hydrogen (secondary N) is 1. The van der Waals surface area contributed by atoms with Gasteiger partial charge in [-0.2, -0.15) is 0 Å². The van der Waals surface area contributed by atoms with Gasteiger partial charge in [-0.05, 0) is 35.2 Å². The van der Waals surface area contributed by atoms with Gasteiger partial charge in [0.1, 0.15) is 0 Å². The van der Waals surface area contributed by atoms with Gasteiger partial charge >= 0.3 is 5.97 Å². The third kappa shape index (κ3) is 2.65. The third-order valence-electron chi connectivity index (χ3n) is 4.30. The smallest absolute Gasteiger partial charge is 0.310 e. The molecule has 1 amide bonds. The van der Waals surface area contributed by atoms with Gasteiger partial charge in [0, 0.05) is 17.7 Å². The highest BCUT2D eigenvalue weighted by atomic mass is 32.1. The molecule has 3 rings (SSSR count). The van der Waals surface area contributed by atoms with E-state index in [0.717, 1.165) is 17.4 Å². The minimum atomic E-state index is -0.843. The summed E-state index contributed by atoms with van der Waals surface area (Å²) in [6.45, 7) is 0.457.